The zero-order valence-corrected chi connectivity index (χ0v) is 14.7. The van der Waals surface area contributed by atoms with Crippen LogP contribution in [0, 0.1) is 6.92 Å². The van der Waals surface area contributed by atoms with E-state index >= 15 is 0 Å². The number of hydrogen-bond acceptors (Lipinski definition) is 3. The first-order chi connectivity index (χ1) is 11.5. The van der Waals surface area contributed by atoms with Crippen LogP contribution in [0.5, 0.6) is 0 Å². The number of nitrogens with one attached hydrogen (secondary N) is 1. The van der Waals surface area contributed by atoms with Crippen molar-refractivity contribution in [2.75, 3.05) is 13.1 Å². The summed E-state index contributed by atoms with van der Waals surface area (Å²) in [6.07, 6.45) is 2.40. The number of aryl methyl sites for hydroxylation is 1. The monoisotopic (exact) mass is 325 g/mol. The minimum atomic E-state index is -0.460. The normalized spacial score (nSPS) is 26.3. The summed E-state index contributed by atoms with van der Waals surface area (Å²) in [6.45, 7) is 12.3. The molecule has 3 aliphatic rings. The number of alkyl halides is 1. The van der Waals surface area contributed by atoms with E-state index in [-0.39, 0.29) is 5.54 Å². The van der Waals surface area contributed by atoms with Crippen LogP contribution >= 0.6 is 0 Å². The summed E-state index contributed by atoms with van der Waals surface area (Å²) in [4.78, 5) is 2.53. The van der Waals surface area contributed by atoms with Gasteiger partial charge in [-0.05, 0) is 68.5 Å². The van der Waals surface area contributed by atoms with E-state index in [1.807, 2.05) is 12.1 Å². The van der Waals surface area contributed by atoms with E-state index in [2.05, 4.69) is 42.8 Å². The van der Waals surface area contributed by atoms with Crippen LogP contribution in [0.15, 0.2) is 29.4 Å². The average Bonchev–Trinajstić information content (AvgIpc) is 2.88. The van der Waals surface area contributed by atoms with Gasteiger partial charge in [0, 0.05) is 23.2 Å². The Balaban J connectivity index is 2.02. The molecule has 0 saturated carbocycles. The van der Waals surface area contributed by atoms with Crippen LogP contribution in [-0.2, 0) is 6.67 Å². The van der Waals surface area contributed by atoms with Gasteiger partial charge >= 0.3 is 0 Å². The molecule has 0 spiro atoms. The van der Waals surface area contributed by atoms with Crippen molar-refractivity contribution < 1.29 is 4.39 Å². The molecule has 0 aromatic heterocycles. The lowest BCUT2D eigenvalue weighted by atomic mass is 9.77. The maximum absolute atomic E-state index is 13.3. The summed E-state index contributed by atoms with van der Waals surface area (Å²) >= 11 is 0. The molecule has 1 fully saturated rings. The molecule has 0 bridgehead atoms. The molecule has 0 aliphatic carbocycles. The Kier molecular flexibility index (Phi) is 3.43. The average molecular weight is 325 g/mol. The van der Waals surface area contributed by atoms with Gasteiger partial charge in [-0.25, -0.2) is 4.39 Å². The lowest BCUT2D eigenvalue weighted by molar-refractivity contribution is 0.215. The van der Waals surface area contributed by atoms with Crippen molar-refractivity contribution in [2.24, 2.45) is 5.10 Å². The molecule has 1 aromatic carbocycles. The zero-order valence-electron chi connectivity index (χ0n) is 14.7. The largest absolute Gasteiger partial charge is 0.288 e. The van der Waals surface area contributed by atoms with Crippen molar-refractivity contribution >= 4 is 17.0 Å². The maximum Gasteiger partial charge on any atom is 0.115 e. The van der Waals surface area contributed by atoms with Crippen molar-refractivity contribution in [3.05, 3.63) is 46.5 Å². The van der Waals surface area contributed by atoms with Crippen molar-refractivity contribution in [2.45, 2.75) is 45.8 Å². The fraction of sp³-hybridized carbons (Fsp3) is 0.450. The molecule has 1 atom stereocenters. The molecule has 1 aromatic rings. The number of hydrazone groups is 1. The van der Waals surface area contributed by atoms with Gasteiger partial charge in [0.25, 0.3) is 0 Å². The second-order valence-electron chi connectivity index (χ2n) is 7.42. The van der Waals surface area contributed by atoms with Gasteiger partial charge < -0.3 is 0 Å². The number of fused-ring (bicyclic) bond motifs is 4. The molecule has 4 rings (SSSR count). The van der Waals surface area contributed by atoms with E-state index in [4.69, 9.17) is 0 Å². The highest BCUT2D eigenvalue weighted by Crippen LogP contribution is 2.45. The molecule has 0 unspecified atom stereocenters. The minimum absolute atomic E-state index is 0.0997. The second kappa shape index (κ2) is 5.28. The Labute approximate surface area is 142 Å². The summed E-state index contributed by atoms with van der Waals surface area (Å²) in [7, 11) is 0. The summed E-state index contributed by atoms with van der Waals surface area (Å²) in [5.74, 6) is 0. The van der Waals surface area contributed by atoms with E-state index in [1.165, 1.54) is 29.6 Å². The van der Waals surface area contributed by atoms with Gasteiger partial charge in [-0.15, -0.1) is 0 Å². The molecule has 0 radical (unpaired) electrons. The Morgan fingerprint density at radius 1 is 1.38 bits per heavy atom. The summed E-state index contributed by atoms with van der Waals surface area (Å²) in [6, 6.07) is 3.87. The summed E-state index contributed by atoms with van der Waals surface area (Å²) in [5, 5.41) is 4.65. The third-order valence-corrected chi connectivity index (χ3v) is 6.05. The Bertz CT molecular complexity index is 805. The number of halogens is 1. The number of nitrogens with zero attached hydrogens (tertiary/aromatic N) is 2. The van der Waals surface area contributed by atoms with Gasteiger partial charge in [0.1, 0.15) is 6.67 Å². The molecule has 0 amide bonds. The van der Waals surface area contributed by atoms with Crippen molar-refractivity contribution in [3.63, 3.8) is 0 Å². The van der Waals surface area contributed by atoms with Crippen molar-refractivity contribution in [3.8, 4) is 0 Å². The predicted molar refractivity (Wildman–Crippen MR) is 97.4 cm³/mol. The van der Waals surface area contributed by atoms with Crippen LogP contribution in [0.3, 0.4) is 0 Å². The van der Waals surface area contributed by atoms with E-state index < -0.39 is 6.67 Å². The number of benzene rings is 1. The molecule has 3 heterocycles. The van der Waals surface area contributed by atoms with E-state index in [9.17, 15) is 4.39 Å². The number of rotatable bonds is 1. The third-order valence-electron chi connectivity index (χ3n) is 6.05. The van der Waals surface area contributed by atoms with Gasteiger partial charge in [-0.3, -0.25) is 10.3 Å². The molecule has 1 N–H and O–H groups in total. The van der Waals surface area contributed by atoms with E-state index in [1.54, 1.807) is 0 Å². The minimum Gasteiger partial charge on any atom is -0.288 e. The smallest absolute Gasteiger partial charge is 0.115 e. The first kappa shape index (κ1) is 15.6. The first-order valence-electron chi connectivity index (χ1n) is 8.64. The second-order valence-corrected chi connectivity index (χ2v) is 7.42. The van der Waals surface area contributed by atoms with Crippen LogP contribution in [0.1, 0.15) is 48.9 Å². The molecule has 4 heteroatoms. The van der Waals surface area contributed by atoms with E-state index in [0.717, 1.165) is 35.6 Å². The van der Waals surface area contributed by atoms with Crippen LogP contribution in [0.2, 0.25) is 0 Å². The molecule has 3 nitrogen and oxygen atoms in total. The first-order valence-corrected chi connectivity index (χ1v) is 8.64. The van der Waals surface area contributed by atoms with Crippen molar-refractivity contribution in [1.82, 2.24) is 10.3 Å². The quantitative estimate of drug-likeness (QED) is 0.844. The molecule has 1 saturated heterocycles. The van der Waals surface area contributed by atoms with E-state index in [0.29, 0.717) is 5.56 Å². The topological polar surface area (TPSA) is 27.6 Å². The SMILES string of the molecule is C=C1NN=C2CN3CCC[C@]3(C)C(C)=C2c2c(C)cc(CF)cc21. The molecular weight excluding hydrogens is 301 g/mol. The number of hydrogen-bond donors (Lipinski definition) is 1. The Morgan fingerprint density at radius 2 is 2.17 bits per heavy atom. The predicted octanol–water partition coefficient (Wildman–Crippen LogP) is 4.04. The highest BCUT2D eigenvalue weighted by molar-refractivity contribution is 6.28. The zero-order chi connectivity index (χ0) is 17.1. The fourth-order valence-electron chi connectivity index (χ4n) is 4.57. The van der Waals surface area contributed by atoms with Gasteiger partial charge in [-0.1, -0.05) is 12.6 Å². The lowest BCUT2D eigenvalue weighted by Crippen LogP contribution is -2.49. The highest BCUT2D eigenvalue weighted by Gasteiger charge is 2.44. The molecule has 126 valence electrons. The molecular formula is C20H24FN3. The van der Waals surface area contributed by atoms with Gasteiger partial charge in [0.05, 0.1) is 11.4 Å². The van der Waals surface area contributed by atoms with Crippen LogP contribution in [0.4, 0.5) is 4.39 Å². The maximum atomic E-state index is 13.3. The highest BCUT2D eigenvalue weighted by atomic mass is 19.1. The van der Waals surface area contributed by atoms with Gasteiger partial charge in [0.2, 0.25) is 0 Å². The Morgan fingerprint density at radius 3 is 2.92 bits per heavy atom. The van der Waals surface area contributed by atoms with Crippen LogP contribution in [-0.4, -0.2) is 29.2 Å². The Hall–Kier alpha value is -1.94. The molecule has 3 aliphatic heterocycles. The summed E-state index contributed by atoms with van der Waals surface area (Å²) < 4.78 is 13.3. The van der Waals surface area contributed by atoms with Gasteiger partial charge in [-0.2, -0.15) is 5.10 Å². The van der Waals surface area contributed by atoms with Crippen LogP contribution in [0.25, 0.3) is 11.3 Å². The summed E-state index contributed by atoms with van der Waals surface area (Å²) in [5.41, 5.74) is 11.6. The fourth-order valence-corrected chi connectivity index (χ4v) is 4.57. The standard InChI is InChI=1S/C20H24FN3/c1-12-8-15(10-21)9-16-14(3)22-23-17-11-24-7-5-6-20(24,4)13(2)19(17)18(12)16/h8-9,22H,3,5-7,10-11H2,1-2,4H3/t20-/m1/s1. The lowest BCUT2D eigenvalue weighted by Gasteiger charge is -2.42. The van der Waals surface area contributed by atoms with Gasteiger partial charge in [0.15, 0.2) is 0 Å². The van der Waals surface area contributed by atoms with Crippen molar-refractivity contribution in [1.29, 1.82) is 0 Å². The van der Waals surface area contributed by atoms with Crippen LogP contribution < -0.4 is 5.43 Å². The third kappa shape index (κ3) is 2.02. The molecule has 24 heavy (non-hydrogen) atoms.